The van der Waals surface area contributed by atoms with Crippen molar-refractivity contribution < 1.29 is 4.79 Å². The molecule has 7 heteroatoms. The molecule has 3 aromatic rings. The topological polar surface area (TPSA) is 100 Å². The molecule has 0 radical (unpaired) electrons. The third-order valence-electron chi connectivity index (χ3n) is 5.19. The number of Topliss-reactive ketones (excluding diaryl/α,β-unsaturated/α-hetero) is 1. The van der Waals surface area contributed by atoms with Gasteiger partial charge in [0.15, 0.2) is 11.6 Å². The average Bonchev–Trinajstić information content (AvgIpc) is 3.37. The van der Waals surface area contributed by atoms with E-state index in [1.165, 1.54) is 25.7 Å². The van der Waals surface area contributed by atoms with Crippen molar-refractivity contribution in [3.63, 3.8) is 0 Å². The van der Waals surface area contributed by atoms with Gasteiger partial charge in [-0.25, -0.2) is 9.67 Å². The van der Waals surface area contributed by atoms with Gasteiger partial charge in [0, 0.05) is 6.54 Å². The molecule has 1 aromatic carbocycles. The van der Waals surface area contributed by atoms with Gasteiger partial charge in [-0.2, -0.15) is 5.26 Å². The van der Waals surface area contributed by atoms with Crippen LogP contribution < -0.4 is 0 Å². The Morgan fingerprint density at radius 2 is 2.15 bits per heavy atom. The summed E-state index contributed by atoms with van der Waals surface area (Å²) in [7, 11) is 0. The number of para-hydroxylation sites is 2. The smallest absolute Gasteiger partial charge is 0.209 e. The number of fused-ring (bicyclic) bond motifs is 1. The van der Waals surface area contributed by atoms with Gasteiger partial charge in [-0.15, -0.1) is 5.10 Å². The zero-order valence-corrected chi connectivity index (χ0v) is 14.6. The largest absolute Gasteiger partial charge is 0.340 e. The molecule has 2 heterocycles. The Balaban J connectivity index is 1.61. The van der Waals surface area contributed by atoms with Crippen LogP contribution in [0, 0.1) is 24.2 Å². The SMILES string of the molecule is Cc1c(C(=O)[C@@H](C#N)c2nc3ccccc3[nH]2)nnn1CC1CCCC1. The number of hydrogen-bond donors (Lipinski definition) is 1. The van der Waals surface area contributed by atoms with Crippen LogP contribution in [0.15, 0.2) is 24.3 Å². The van der Waals surface area contributed by atoms with E-state index in [1.54, 1.807) is 4.68 Å². The van der Waals surface area contributed by atoms with Crippen molar-refractivity contribution in [3.8, 4) is 6.07 Å². The highest BCUT2D eigenvalue weighted by Gasteiger charge is 2.30. The van der Waals surface area contributed by atoms with Crippen LogP contribution in [0.4, 0.5) is 0 Å². The molecule has 7 nitrogen and oxygen atoms in total. The molecule has 1 aliphatic carbocycles. The summed E-state index contributed by atoms with van der Waals surface area (Å²) in [5, 5.41) is 17.8. The summed E-state index contributed by atoms with van der Waals surface area (Å²) in [6.07, 6.45) is 4.91. The molecule has 1 atom stereocenters. The highest BCUT2D eigenvalue weighted by molar-refractivity contribution is 6.01. The van der Waals surface area contributed by atoms with Crippen LogP contribution in [0.2, 0.25) is 0 Å². The predicted molar refractivity (Wildman–Crippen MR) is 95.5 cm³/mol. The fraction of sp³-hybridized carbons (Fsp3) is 0.421. The van der Waals surface area contributed by atoms with Gasteiger partial charge >= 0.3 is 0 Å². The van der Waals surface area contributed by atoms with Crippen molar-refractivity contribution in [1.29, 1.82) is 5.26 Å². The van der Waals surface area contributed by atoms with Gasteiger partial charge in [0.2, 0.25) is 5.78 Å². The standard InChI is InChI=1S/C19H20N6O/c1-12-17(23-24-25(12)11-13-6-2-3-7-13)18(26)14(10-20)19-21-15-8-4-5-9-16(15)22-19/h4-5,8-9,13-14H,2-3,6-7,11H2,1H3,(H,21,22)/t14-/m1/s1. The van der Waals surface area contributed by atoms with E-state index < -0.39 is 5.92 Å². The van der Waals surface area contributed by atoms with Crippen molar-refractivity contribution in [2.75, 3.05) is 0 Å². The maximum absolute atomic E-state index is 12.9. The fourth-order valence-electron chi connectivity index (χ4n) is 3.69. The molecule has 1 fully saturated rings. The molecule has 26 heavy (non-hydrogen) atoms. The Bertz CT molecular complexity index is 956. The summed E-state index contributed by atoms with van der Waals surface area (Å²) in [5.41, 5.74) is 2.52. The number of carbonyl (C=O) groups is 1. The molecule has 2 aromatic heterocycles. The molecule has 132 valence electrons. The summed E-state index contributed by atoms with van der Waals surface area (Å²) in [6, 6.07) is 9.53. The number of nitrogens with one attached hydrogen (secondary N) is 1. The first-order valence-electron chi connectivity index (χ1n) is 8.96. The minimum Gasteiger partial charge on any atom is -0.340 e. The third kappa shape index (κ3) is 2.88. The number of nitrogens with zero attached hydrogens (tertiary/aromatic N) is 5. The molecular weight excluding hydrogens is 328 g/mol. The zero-order valence-electron chi connectivity index (χ0n) is 14.6. The second kappa shape index (κ2) is 6.71. The second-order valence-electron chi connectivity index (χ2n) is 6.92. The maximum atomic E-state index is 12.9. The molecule has 0 spiro atoms. The van der Waals surface area contributed by atoms with Gasteiger partial charge in [-0.1, -0.05) is 30.2 Å². The van der Waals surface area contributed by atoms with E-state index in [0.29, 0.717) is 11.7 Å². The van der Waals surface area contributed by atoms with Crippen molar-refractivity contribution in [2.45, 2.75) is 45.1 Å². The number of aromatic nitrogens is 5. The Morgan fingerprint density at radius 1 is 1.38 bits per heavy atom. The summed E-state index contributed by atoms with van der Waals surface area (Å²) >= 11 is 0. The Hall–Kier alpha value is -3.01. The number of hydrogen-bond acceptors (Lipinski definition) is 5. The summed E-state index contributed by atoms with van der Waals surface area (Å²) in [5.74, 6) is -0.427. The molecule has 1 saturated carbocycles. The van der Waals surface area contributed by atoms with Crippen LogP contribution in [-0.2, 0) is 6.54 Å². The van der Waals surface area contributed by atoms with Gasteiger partial charge in [0.1, 0.15) is 5.82 Å². The molecule has 0 saturated heterocycles. The van der Waals surface area contributed by atoms with Gasteiger partial charge in [-0.3, -0.25) is 4.79 Å². The molecule has 1 aliphatic rings. The lowest BCUT2D eigenvalue weighted by Crippen LogP contribution is -2.15. The third-order valence-corrected chi connectivity index (χ3v) is 5.19. The molecule has 1 N–H and O–H groups in total. The lowest BCUT2D eigenvalue weighted by molar-refractivity contribution is 0.0971. The molecule has 4 rings (SSSR count). The lowest BCUT2D eigenvalue weighted by Gasteiger charge is -2.10. The van der Waals surface area contributed by atoms with Crippen molar-refractivity contribution in [2.24, 2.45) is 5.92 Å². The van der Waals surface area contributed by atoms with Gasteiger partial charge in [0.05, 0.1) is 22.8 Å². The predicted octanol–water partition coefficient (Wildman–Crippen LogP) is 3.14. The normalized spacial score (nSPS) is 16.0. The van der Waals surface area contributed by atoms with E-state index in [-0.39, 0.29) is 11.5 Å². The van der Waals surface area contributed by atoms with Crippen LogP contribution >= 0.6 is 0 Å². The molecule has 0 bridgehead atoms. The van der Waals surface area contributed by atoms with E-state index in [9.17, 15) is 10.1 Å². The highest BCUT2D eigenvalue weighted by atomic mass is 16.1. The average molecular weight is 348 g/mol. The van der Waals surface area contributed by atoms with Gasteiger partial charge < -0.3 is 4.98 Å². The quantitative estimate of drug-likeness (QED) is 0.714. The number of imidazole rings is 1. The van der Waals surface area contributed by atoms with Crippen LogP contribution in [-0.4, -0.2) is 30.7 Å². The van der Waals surface area contributed by atoms with Crippen LogP contribution in [0.1, 0.15) is 53.6 Å². The minimum absolute atomic E-state index is 0.259. The van der Waals surface area contributed by atoms with Crippen molar-refractivity contribution in [3.05, 3.63) is 41.5 Å². The molecular formula is C19H20N6O. The van der Waals surface area contributed by atoms with Crippen LogP contribution in [0.5, 0.6) is 0 Å². The summed E-state index contributed by atoms with van der Waals surface area (Å²) in [6.45, 7) is 2.63. The maximum Gasteiger partial charge on any atom is 0.209 e. The number of nitriles is 1. The second-order valence-corrected chi connectivity index (χ2v) is 6.92. The van der Waals surface area contributed by atoms with Gasteiger partial charge in [-0.05, 0) is 37.8 Å². The van der Waals surface area contributed by atoms with E-state index in [4.69, 9.17) is 0 Å². The summed E-state index contributed by atoms with van der Waals surface area (Å²) < 4.78 is 1.80. The zero-order chi connectivity index (χ0) is 18.1. The van der Waals surface area contributed by atoms with E-state index >= 15 is 0 Å². The number of H-pyrrole nitrogens is 1. The van der Waals surface area contributed by atoms with E-state index in [2.05, 4.69) is 26.3 Å². The van der Waals surface area contributed by atoms with Crippen LogP contribution in [0.3, 0.4) is 0 Å². The first kappa shape index (κ1) is 16.5. The molecule has 0 unspecified atom stereocenters. The Kier molecular flexibility index (Phi) is 4.25. The monoisotopic (exact) mass is 348 g/mol. The van der Waals surface area contributed by atoms with Crippen molar-refractivity contribution >= 4 is 16.8 Å². The number of aromatic amines is 1. The fourth-order valence-corrected chi connectivity index (χ4v) is 3.69. The number of rotatable bonds is 5. The Morgan fingerprint density at radius 3 is 2.88 bits per heavy atom. The van der Waals surface area contributed by atoms with E-state index in [1.807, 2.05) is 31.2 Å². The number of benzene rings is 1. The lowest BCUT2D eigenvalue weighted by atomic mass is 10.0. The minimum atomic E-state index is -1.02. The number of ketones is 1. The molecule has 0 amide bonds. The number of carbonyl (C=O) groups excluding carboxylic acids is 1. The first-order chi connectivity index (χ1) is 12.7. The molecule has 0 aliphatic heterocycles. The Labute approximate surface area is 151 Å². The highest BCUT2D eigenvalue weighted by Crippen LogP contribution is 2.27. The summed E-state index contributed by atoms with van der Waals surface area (Å²) in [4.78, 5) is 20.4. The first-order valence-corrected chi connectivity index (χ1v) is 8.96. The van der Waals surface area contributed by atoms with Gasteiger partial charge in [0.25, 0.3) is 0 Å². The van der Waals surface area contributed by atoms with Crippen molar-refractivity contribution in [1.82, 2.24) is 25.0 Å². The van der Waals surface area contributed by atoms with Crippen LogP contribution in [0.25, 0.3) is 11.0 Å². The van der Waals surface area contributed by atoms with E-state index in [0.717, 1.165) is 23.3 Å².